The van der Waals surface area contributed by atoms with E-state index in [-0.39, 0.29) is 29.0 Å². The molecule has 1 atom stereocenters. The molecule has 1 aromatic rings. The van der Waals surface area contributed by atoms with Crippen molar-refractivity contribution in [2.75, 3.05) is 20.1 Å². The van der Waals surface area contributed by atoms with Crippen LogP contribution >= 0.6 is 0 Å². The van der Waals surface area contributed by atoms with Crippen LogP contribution in [0.3, 0.4) is 0 Å². The van der Waals surface area contributed by atoms with E-state index in [1.54, 1.807) is 13.1 Å². The fourth-order valence-electron chi connectivity index (χ4n) is 4.42. The molecule has 2 amide bonds. The molecule has 5 heteroatoms. The summed E-state index contributed by atoms with van der Waals surface area (Å²) in [6.45, 7) is 3.32. The molecule has 0 unspecified atom stereocenters. The number of carbonyl (C=O) groups excluding carboxylic acids is 2. The van der Waals surface area contributed by atoms with Crippen molar-refractivity contribution >= 4 is 11.8 Å². The normalized spacial score (nSPS) is 21.6. The number of rotatable bonds is 3. The molecular weight excluding hydrogens is 307 g/mol. The Balaban J connectivity index is 1.86. The van der Waals surface area contributed by atoms with Gasteiger partial charge in [0.1, 0.15) is 5.82 Å². The molecule has 130 valence electrons. The number of benzene rings is 1. The lowest BCUT2D eigenvalue weighted by Crippen LogP contribution is -2.44. The lowest BCUT2D eigenvalue weighted by atomic mass is 9.73. The number of nitrogens with zero attached hydrogens (tertiary/aromatic N) is 1. The molecule has 1 fully saturated rings. The van der Waals surface area contributed by atoms with Gasteiger partial charge in [-0.05, 0) is 53.9 Å². The van der Waals surface area contributed by atoms with Crippen molar-refractivity contribution < 1.29 is 14.0 Å². The van der Waals surface area contributed by atoms with Crippen LogP contribution in [0, 0.1) is 5.82 Å². The number of hydrogen-bond acceptors (Lipinski definition) is 2. The SMILES string of the molecule is CCC(=O)N1CCC2(CC1)C[C@H](CC(=O)NC)c1ccc(F)cc12. The zero-order valence-corrected chi connectivity index (χ0v) is 14.4. The third-order valence-corrected chi connectivity index (χ3v) is 5.75. The highest BCUT2D eigenvalue weighted by Gasteiger charge is 2.46. The summed E-state index contributed by atoms with van der Waals surface area (Å²) >= 11 is 0. The number of nitrogens with one attached hydrogen (secondary N) is 1. The number of fused-ring (bicyclic) bond motifs is 2. The van der Waals surface area contributed by atoms with E-state index in [9.17, 15) is 14.0 Å². The summed E-state index contributed by atoms with van der Waals surface area (Å²) in [6, 6.07) is 4.98. The van der Waals surface area contributed by atoms with Crippen LogP contribution in [-0.2, 0) is 15.0 Å². The molecule has 0 radical (unpaired) electrons. The quantitative estimate of drug-likeness (QED) is 0.925. The van der Waals surface area contributed by atoms with E-state index >= 15 is 0 Å². The monoisotopic (exact) mass is 332 g/mol. The van der Waals surface area contributed by atoms with Crippen molar-refractivity contribution in [3.05, 3.63) is 35.1 Å². The largest absolute Gasteiger partial charge is 0.359 e. The Morgan fingerprint density at radius 1 is 1.33 bits per heavy atom. The van der Waals surface area contributed by atoms with Crippen LogP contribution in [-0.4, -0.2) is 36.9 Å². The van der Waals surface area contributed by atoms with E-state index < -0.39 is 0 Å². The smallest absolute Gasteiger partial charge is 0.222 e. The summed E-state index contributed by atoms with van der Waals surface area (Å²) in [4.78, 5) is 25.7. The maximum atomic E-state index is 13.9. The maximum absolute atomic E-state index is 13.9. The number of hydrogen-bond donors (Lipinski definition) is 1. The molecule has 0 aromatic heterocycles. The second-order valence-electron chi connectivity index (χ2n) is 7.02. The maximum Gasteiger partial charge on any atom is 0.222 e. The van der Waals surface area contributed by atoms with Gasteiger partial charge in [-0.2, -0.15) is 0 Å². The van der Waals surface area contributed by atoms with Gasteiger partial charge >= 0.3 is 0 Å². The Hall–Kier alpha value is -1.91. The zero-order valence-electron chi connectivity index (χ0n) is 14.4. The molecule has 0 saturated carbocycles. The van der Waals surface area contributed by atoms with Crippen LogP contribution in [0.4, 0.5) is 4.39 Å². The lowest BCUT2D eigenvalue weighted by molar-refractivity contribution is -0.132. The van der Waals surface area contributed by atoms with E-state index in [0.717, 1.165) is 43.5 Å². The standard InChI is InChI=1S/C19H25FN2O2/c1-3-18(24)22-8-6-19(7-9-22)12-13(10-17(23)21-2)15-5-4-14(20)11-16(15)19/h4-5,11,13H,3,6-10,12H2,1-2H3,(H,21,23)/t13-/m0/s1. The van der Waals surface area contributed by atoms with Crippen LogP contribution < -0.4 is 5.32 Å². The molecule has 1 saturated heterocycles. The van der Waals surface area contributed by atoms with Crippen molar-refractivity contribution in [3.63, 3.8) is 0 Å². The summed E-state index contributed by atoms with van der Waals surface area (Å²) in [6.07, 6.45) is 3.53. The van der Waals surface area contributed by atoms with E-state index in [4.69, 9.17) is 0 Å². The van der Waals surface area contributed by atoms with Gasteiger partial charge in [-0.15, -0.1) is 0 Å². The molecule has 1 aliphatic carbocycles. The first-order valence-corrected chi connectivity index (χ1v) is 8.77. The van der Waals surface area contributed by atoms with Gasteiger partial charge < -0.3 is 10.2 Å². The molecule has 0 bridgehead atoms. The van der Waals surface area contributed by atoms with Crippen LogP contribution in [0.25, 0.3) is 0 Å². The molecule has 1 aliphatic heterocycles. The molecular formula is C19H25FN2O2. The van der Waals surface area contributed by atoms with Gasteiger partial charge in [-0.25, -0.2) is 4.39 Å². The lowest BCUT2D eigenvalue weighted by Gasteiger charge is -2.40. The van der Waals surface area contributed by atoms with Crippen molar-refractivity contribution in [2.24, 2.45) is 0 Å². The summed E-state index contributed by atoms with van der Waals surface area (Å²) in [7, 11) is 1.65. The number of carbonyl (C=O) groups is 2. The van der Waals surface area contributed by atoms with Crippen molar-refractivity contribution in [2.45, 2.75) is 50.4 Å². The minimum Gasteiger partial charge on any atom is -0.359 e. The van der Waals surface area contributed by atoms with Crippen molar-refractivity contribution in [1.82, 2.24) is 10.2 Å². The first-order chi connectivity index (χ1) is 11.5. The Morgan fingerprint density at radius 2 is 2.04 bits per heavy atom. The molecule has 1 spiro atoms. The number of halogens is 1. The highest BCUT2D eigenvalue weighted by Crippen LogP contribution is 2.52. The average Bonchev–Trinajstić information content (AvgIpc) is 2.87. The molecule has 1 heterocycles. The number of likely N-dealkylation sites (tertiary alicyclic amines) is 1. The predicted molar refractivity (Wildman–Crippen MR) is 90.2 cm³/mol. The molecule has 4 nitrogen and oxygen atoms in total. The summed E-state index contributed by atoms with van der Waals surface area (Å²) in [5.74, 6) is 0.116. The molecule has 1 aromatic carbocycles. The first kappa shape index (κ1) is 16.9. The second kappa shape index (κ2) is 6.54. The second-order valence-corrected chi connectivity index (χ2v) is 7.02. The van der Waals surface area contributed by atoms with Gasteiger partial charge in [0.05, 0.1) is 0 Å². The summed E-state index contributed by atoms with van der Waals surface area (Å²) in [5, 5.41) is 2.69. The predicted octanol–water partition coefficient (Wildman–Crippen LogP) is 2.72. The minimum absolute atomic E-state index is 0.0194. The fourth-order valence-corrected chi connectivity index (χ4v) is 4.42. The Kier molecular flexibility index (Phi) is 4.61. The number of piperidine rings is 1. The third-order valence-electron chi connectivity index (χ3n) is 5.75. The van der Waals surface area contributed by atoms with Gasteiger partial charge in [0.25, 0.3) is 0 Å². The minimum atomic E-state index is -0.221. The Bertz CT molecular complexity index is 651. The van der Waals surface area contributed by atoms with Gasteiger partial charge in [0.2, 0.25) is 11.8 Å². The van der Waals surface area contributed by atoms with Gasteiger partial charge in [0, 0.05) is 33.0 Å². The average molecular weight is 332 g/mol. The first-order valence-electron chi connectivity index (χ1n) is 8.77. The van der Waals surface area contributed by atoms with E-state index in [0.29, 0.717) is 12.8 Å². The van der Waals surface area contributed by atoms with Crippen molar-refractivity contribution in [3.8, 4) is 0 Å². The summed E-state index contributed by atoms with van der Waals surface area (Å²) in [5.41, 5.74) is 2.07. The van der Waals surface area contributed by atoms with Crippen LogP contribution in [0.1, 0.15) is 56.1 Å². The highest BCUT2D eigenvalue weighted by atomic mass is 19.1. The third kappa shape index (κ3) is 2.92. The molecule has 2 aliphatic rings. The Labute approximate surface area is 142 Å². The van der Waals surface area contributed by atoms with Crippen LogP contribution in [0.15, 0.2) is 18.2 Å². The highest BCUT2D eigenvalue weighted by molar-refractivity contribution is 5.77. The van der Waals surface area contributed by atoms with Gasteiger partial charge in [-0.3, -0.25) is 9.59 Å². The van der Waals surface area contributed by atoms with Gasteiger partial charge in [0.15, 0.2) is 0 Å². The van der Waals surface area contributed by atoms with Crippen LogP contribution in [0.2, 0.25) is 0 Å². The van der Waals surface area contributed by atoms with E-state index in [1.807, 2.05) is 17.9 Å². The molecule has 1 N–H and O–H groups in total. The number of amides is 2. The zero-order chi connectivity index (χ0) is 17.3. The van der Waals surface area contributed by atoms with Crippen LogP contribution in [0.5, 0.6) is 0 Å². The summed E-state index contributed by atoms with van der Waals surface area (Å²) < 4.78 is 13.9. The Morgan fingerprint density at radius 3 is 2.67 bits per heavy atom. The fraction of sp³-hybridized carbons (Fsp3) is 0.579. The molecule has 24 heavy (non-hydrogen) atoms. The van der Waals surface area contributed by atoms with E-state index in [2.05, 4.69) is 5.32 Å². The molecule has 3 rings (SSSR count). The van der Waals surface area contributed by atoms with E-state index in [1.165, 1.54) is 6.07 Å². The van der Waals surface area contributed by atoms with Crippen molar-refractivity contribution in [1.29, 1.82) is 0 Å². The van der Waals surface area contributed by atoms with Gasteiger partial charge in [-0.1, -0.05) is 13.0 Å². The topological polar surface area (TPSA) is 49.4 Å².